The Morgan fingerprint density at radius 1 is 1.56 bits per heavy atom. The molecular formula is C14H20N2OS. The van der Waals surface area contributed by atoms with Gasteiger partial charge >= 0.3 is 0 Å². The van der Waals surface area contributed by atoms with E-state index in [9.17, 15) is 4.79 Å². The van der Waals surface area contributed by atoms with Crippen LogP contribution in [0.3, 0.4) is 0 Å². The lowest BCUT2D eigenvalue weighted by Gasteiger charge is -2.38. The van der Waals surface area contributed by atoms with Gasteiger partial charge in [-0.1, -0.05) is 13.0 Å². The third kappa shape index (κ3) is 1.70. The number of carbonyl (C=O) groups excluding carboxylic acids is 1. The van der Waals surface area contributed by atoms with Crippen LogP contribution in [0, 0.1) is 0 Å². The standard InChI is InChI=1S/C14H20N2OS/c1-3-14(2)13(17)16(10-6-4-7-10)12(15-14)11-8-5-9-18-11/h5,8-10,12,15H,3-4,6-7H2,1-2H3. The summed E-state index contributed by atoms with van der Waals surface area (Å²) >= 11 is 1.73. The molecule has 1 aliphatic heterocycles. The molecule has 2 aliphatic rings. The summed E-state index contributed by atoms with van der Waals surface area (Å²) in [7, 11) is 0. The second-order valence-corrected chi connectivity index (χ2v) is 6.52. The molecule has 1 saturated heterocycles. The minimum Gasteiger partial charge on any atom is -0.317 e. The number of carbonyl (C=O) groups is 1. The molecule has 0 bridgehead atoms. The molecule has 0 aromatic carbocycles. The van der Waals surface area contributed by atoms with Crippen molar-refractivity contribution in [3.05, 3.63) is 22.4 Å². The maximum atomic E-state index is 12.7. The minimum absolute atomic E-state index is 0.0905. The molecule has 2 atom stereocenters. The number of nitrogens with zero attached hydrogens (tertiary/aromatic N) is 1. The van der Waals surface area contributed by atoms with Gasteiger partial charge < -0.3 is 4.90 Å². The van der Waals surface area contributed by atoms with Crippen molar-refractivity contribution in [3.8, 4) is 0 Å². The lowest BCUT2D eigenvalue weighted by Crippen LogP contribution is -2.46. The van der Waals surface area contributed by atoms with Gasteiger partial charge in [-0.15, -0.1) is 11.3 Å². The molecule has 98 valence electrons. The lowest BCUT2D eigenvalue weighted by atomic mass is 9.90. The van der Waals surface area contributed by atoms with Crippen molar-refractivity contribution in [2.24, 2.45) is 0 Å². The molecule has 18 heavy (non-hydrogen) atoms. The first kappa shape index (κ1) is 12.2. The first-order valence-electron chi connectivity index (χ1n) is 6.79. The smallest absolute Gasteiger partial charge is 0.244 e. The van der Waals surface area contributed by atoms with E-state index >= 15 is 0 Å². The first-order chi connectivity index (χ1) is 8.65. The van der Waals surface area contributed by atoms with Crippen molar-refractivity contribution in [2.75, 3.05) is 0 Å². The maximum absolute atomic E-state index is 12.7. The molecule has 3 rings (SSSR count). The van der Waals surface area contributed by atoms with Gasteiger partial charge in [0.1, 0.15) is 6.17 Å². The van der Waals surface area contributed by atoms with E-state index in [1.165, 1.54) is 11.3 Å². The summed E-state index contributed by atoms with van der Waals surface area (Å²) in [5, 5.41) is 5.64. The maximum Gasteiger partial charge on any atom is 0.244 e. The molecular weight excluding hydrogens is 244 g/mol. The zero-order chi connectivity index (χ0) is 12.8. The summed E-state index contributed by atoms with van der Waals surface area (Å²) < 4.78 is 0. The van der Waals surface area contributed by atoms with Crippen LogP contribution >= 0.6 is 11.3 Å². The second-order valence-electron chi connectivity index (χ2n) is 5.55. The Labute approximate surface area is 112 Å². The highest BCUT2D eigenvalue weighted by atomic mass is 32.1. The van der Waals surface area contributed by atoms with Gasteiger partial charge in [0.15, 0.2) is 0 Å². The van der Waals surface area contributed by atoms with Crippen molar-refractivity contribution in [2.45, 2.75) is 57.3 Å². The van der Waals surface area contributed by atoms with E-state index in [-0.39, 0.29) is 17.6 Å². The largest absolute Gasteiger partial charge is 0.317 e. The predicted molar refractivity (Wildman–Crippen MR) is 73.4 cm³/mol. The normalized spacial score (nSPS) is 32.9. The van der Waals surface area contributed by atoms with Crippen molar-refractivity contribution < 1.29 is 4.79 Å². The van der Waals surface area contributed by atoms with Crippen LogP contribution < -0.4 is 5.32 Å². The van der Waals surface area contributed by atoms with Crippen molar-refractivity contribution >= 4 is 17.2 Å². The van der Waals surface area contributed by atoms with Crippen LogP contribution in [0.1, 0.15) is 50.6 Å². The van der Waals surface area contributed by atoms with E-state index in [2.05, 4.69) is 34.7 Å². The van der Waals surface area contributed by atoms with Crippen LogP contribution in [0.2, 0.25) is 0 Å². The number of nitrogens with one attached hydrogen (secondary N) is 1. The SMILES string of the molecule is CCC1(C)NC(c2cccs2)N(C2CCC2)C1=O. The van der Waals surface area contributed by atoms with E-state index in [0.29, 0.717) is 6.04 Å². The van der Waals surface area contributed by atoms with Crippen molar-refractivity contribution in [3.63, 3.8) is 0 Å². The molecule has 1 amide bonds. The lowest BCUT2D eigenvalue weighted by molar-refractivity contribution is -0.136. The van der Waals surface area contributed by atoms with Crippen LogP contribution in [0.25, 0.3) is 0 Å². The Morgan fingerprint density at radius 3 is 2.83 bits per heavy atom. The molecule has 1 aromatic heterocycles. The summed E-state index contributed by atoms with van der Waals surface area (Å²) in [5.41, 5.74) is -0.385. The Bertz CT molecular complexity index is 441. The van der Waals surface area contributed by atoms with E-state index in [1.807, 2.05) is 6.92 Å². The monoisotopic (exact) mass is 264 g/mol. The van der Waals surface area contributed by atoms with Gasteiger partial charge in [-0.25, -0.2) is 0 Å². The van der Waals surface area contributed by atoms with Crippen molar-refractivity contribution in [1.29, 1.82) is 0 Å². The van der Waals surface area contributed by atoms with Gasteiger partial charge in [-0.3, -0.25) is 10.1 Å². The van der Waals surface area contributed by atoms with Crippen LogP contribution in [0.5, 0.6) is 0 Å². The Hall–Kier alpha value is -0.870. The quantitative estimate of drug-likeness (QED) is 0.910. The summed E-state index contributed by atoms with van der Waals surface area (Å²) in [4.78, 5) is 16.0. The number of hydrogen-bond acceptors (Lipinski definition) is 3. The average molecular weight is 264 g/mol. The number of rotatable bonds is 3. The molecule has 2 heterocycles. The first-order valence-corrected chi connectivity index (χ1v) is 7.67. The molecule has 4 heteroatoms. The fourth-order valence-electron chi connectivity index (χ4n) is 2.79. The van der Waals surface area contributed by atoms with Gasteiger partial charge in [-0.05, 0) is 44.1 Å². The third-order valence-electron chi connectivity index (χ3n) is 4.43. The van der Waals surface area contributed by atoms with Gasteiger partial charge in [0.05, 0.1) is 5.54 Å². The molecule has 3 nitrogen and oxygen atoms in total. The minimum atomic E-state index is -0.385. The number of hydrogen-bond donors (Lipinski definition) is 1. The van der Waals surface area contributed by atoms with Gasteiger partial charge in [0.2, 0.25) is 5.91 Å². The zero-order valence-electron chi connectivity index (χ0n) is 11.0. The molecule has 1 aliphatic carbocycles. The summed E-state index contributed by atoms with van der Waals surface area (Å²) in [6.45, 7) is 4.12. The zero-order valence-corrected chi connectivity index (χ0v) is 11.8. The number of thiophene rings is 1. The third-order valence-corrected chi connectivity index (χ3v) is 5.35. The van der Waals surface area contributed by atoms with Crippen LogP contribution in [0.15, 0.2) is 17.5 Å². The summed E-state index contributed by atoms with van der Waals surface area (Å²) in [6.07, 6.45) is 4.52. The Morgan fingerprint density at radius 2 is 2.33 bits per heavy atom. The topological polar surface area (TPSA) is 32.3 Å². The van der Waals surface area contributed by atoms with Gasteiger partial charge in [0.25, 0.3) is 0 Å². The fourth-order valence-corrected chi connectivity index (χ4v) is 3.56. The van der Waals surface area contributed by atoms with Gasteiger partial charge in [0, 0.05) is 10.9 Å². The second kappa shape index (κ2) is 4.35. The molecule has 1 N–H and O–H groups in total. The molecule has 1 saturated carbocycles. The van der Waals surface area contributed by atoms with E-state index in [4.69, 9.17) is 0 Å². The average Bonchev–Trinajstić information content (AvgIpc) is 2.89. The molecule has 2 fully saturated rings. The van der Waals surface area contributed by atoms with E-state index < -0.39 is 0 Å². The molecule has 0 spiro atoms. The highest BCUT2D eigenvalue weighted by molar-refractivity contribution is 7.10. The predicted octanol–water partition coefficient (Wildman–Crippen LogP) is 2.90. The molecule has 1 aromatic rings. The van der Waals surface area contributed by atoms with E-state index in [1.54, 1.807) is 11.3 Å². The summed E-state index contributed by atoms with van der Waals surface area (Å²) in [5.74, 6) is 0.285. The summed E-state index contributed by atoms with van der Waals surface area (Å²) in [6, 6.07) is 4.64. The highest BCUT2D eigenvalue weighted by Crippen LogP contribution is 2.40. The van der Waals surface area contributed by atoms with Crippen LogP contribution in [0.4, 0.5) is 0 Å². The Kier molecular flexibility index (Phi) is 2.94. The van der Waals surface area contributed by atoms with E-state index in [0.717, 1.165) is 19.3 Å². The molecule has 2 unspecified atom stereocenters. The highest BCUT2D eigenvalue weighted by Gasteiger charge is 2.50. The molecule has 0 radical (unpaired) electrons. The number of amides is 1. The van der Waals surface area contributed by atoms with Crippen LogP contribution in [-0.4, -0.2) is 22.4 Å². The Balaban J connectivity index is 1.93. The fraction of sp³-hybridized carbons (Fsp3) is 0.643. The van der Waals surface area contributed by atoms with Gasteiger partial charge in [-0.2, -0.15) is 0 Å². The van der Waals surface area contributed by atoms with Crippen LogP contribution in [-0.2, 0) is 4.79 Å². The van der Waals surface area contributed by atoms with Crippen molar-refractivity contribution in [1.82, 2.24) is 10.2 Å².